The van der Waals surface area contributed by atoms with E-state index in [4.69, 9.17) is 0 Å². The summed E-state index contributed by atoms with van der Waals surface area (Å²) in [5.74, 6) is 0.556. The van der Waals surface area contributed by atoms with Crippen molar-refractivity contribution in [3.63, 3.8) is 0 Å². The molecule has 1 aromatic carbocycles. The molecular formula is C15H24N2O3S. The molecule has 5 nitrogen and oxygen atoms in total. The van der Waals surface area contributed by atoms with Gasteiger partial charge in [0.1, 0.15) is 0 Å². The minimum atomic E-state index is -3.40. The van der Waals surface area contributed by atoms with Crippen molar-refractivity contribution in [2.45, 2.75) is 31.6 Å². The Bertz CT molecular complexity index is 565. The maximum absolute atomic E-state index is 11.9. The van der Waals surface area contributed by atoms with Gasteiger partial charge in [0.25, 0.3) is 0 Å². The molecule has 118 valence electrons. The Labute approximate surface area is 127 Å². The van der Waals surface area contributed by atoms with Gasteiger partial charge in [-0.2, -0.15) is 0 Å². The monoisotopic (exact) mass is 312 g/mol. The number of hydrogen-bond acceptors (Lipinski definition) is 3. The summed E-state index contributed by atoms with van der Waals surface area (Å²) in [6, 6.07) is 6.62. The normalized spacial score (nSPS) is 11.7. The van der Waals surface area contributed by atoms with Gasteiger partial charge in [0.15, 0.2) is 0 Å². The van der Waals surface area contributed by atoms with Gasteiger partial charge in [-0.05, 0) is 37.1 Å². The van der Waals surface area contributed by atoms with Crippen molar-refractivity contribution >= 4 is 15.9 Å². The fourth-order valence-electron chi connectivity index (χ4n) is 2.04. The van der Waals surface area contributed by atoms with E-state index in [1.54, 1.807) is 29.2 Å². The van der Waals surface area contributed by atoms with E-state index in [1.165, 1.54) is 7.05 Å². The summed E-state index contributed by atoms with van der Waals surface area (Å²) < 4.78 is 25.5. The van der Waals surface area contributed by atoms with Crippen LogP contribution in [0.2, 0.25) is 0 Å². The summed E-state index contributed by atoms with van der Waals surface area (Å²) in [4.78, 5) is 13.9. The lowest BCUT2D eigenvalue weighted by molar-refractivity contribution is -0.130. The number of carbonyl (C=O) groups is 1. The van der Waals surface area contributed by atoms with Crippen LogP contribution in [0.25, 0.3) is 0 Å². The fraction of sp³-hybridized carbons (Fsp3) is 0.533. The van der Waals surface area contributed by atoms with Crippen LogP contribution in [0.5, 0.6) is 0 Å². The molecule has 1 aromatic rings. The molecule has 0 aliphatic carbocycles. The van der Waals surface area contributed by atoms with Gasteiger partial charge in [-0.25, -0.2) is 13.1 Å². The molecule has 1 amide bonds. The summed E-state index contributed by atoms with van der Waals surface area (Å²) in [7, 11) is -0.206. The predicted octanol–water partition coefficient (Wildman–Crippen LogP) is 1.64. The van der Waals surface area contributed by atoms with E-state index in [9.17, 15) is 13.2 Å². The Balaban J connectivity index is 2.59. The topological polar surface area (TPSA) is 66.5 Å². The molecule has 0 fully saturated rings. The molecule has 1 rings (SSSR count). The summed E-state index contributed by atoms with van der Waals surface area (Å²) >= 11 is 0. The molecule has 0 bridgehead atoms. The van der Waals surface area contributed by atoms with Gasteiger partial charge in [0, 0.05) is 20.0 Å². The van der Waals surface area contributed by atoms with Crippen LogP contribution < -0.4 is 4.72 Å². The molecule has 0 spiro atoms. The Morgan fingerprint density at radius 1 is 1.24 bits per heavy atom. The smallest absolute Gasteiger partial charge is 0.240 e. The van der Waals surface area contributed by atoms with Crippen molar-refractivity contribution in [1.82, 2.24) is 9.62 Å². The molecule has 21 heavy (non-hydrogen) atoms. The zero-order valence-electron chi connectivity index (χ0n) is 13.1. The van der Waals surface area contributed by atoms with Crippen LogP contribution in [0.4, 0.5) is 0 Å². The number of amides is 1. The summed E-state index contributed by atoms with van der Waals surface area (Å²) in [6.07, 6.45) is 1.04. The fourth-order valence-corrected chi connectivity index (χ4v) is 2.77. The Kier molecular flexibility index (Phi) is 6.36. The number of aryl methyl sites for hydroxylation is 1. The van der Waals surface area contributed by atoms with Gasteiger partial charge in [-0.15, -0.1) is 0 Å². The molecule has 0 aliphatic rings. The van der Waals surface area contributed by atoms with Crippen molar-refractivity contribution < 1.29 is 13.2 Å². The zero-order valence-corrected chi connectivity index (χ0v) is 13.9. The molecule has 0 heterocycles. The first-order chi connectivity index (χ1) is 9.76. The second-order valence-corrected chi connectivity index (χ2v) is 7.41. The number of benzene rings is 1. The van der Waals surface area contributed by atoms with Crippen LogP contribution in [0, 0.1) is 5.92 Å². The van der Waals surface area contributed by atoms with Crippen LogP contribution in [0.3, 0.4) is 0 Å². The van der Waals surface area contributed by atoms with E-state index in [0.717, 1.165) is 12.1 Å². The first kappa shape index (κ1) is 17.7. The third-order valence-electron chi connectivity index (χ3n) is 3.19. The van der Waals surface area contributed by atoms with Gasteiger partial charge in [0.2, 0.25) is 15.9 Å². The van der Waals surface area contributed by atoms with E-state index in [-0.39, 0.29) is 10.8 Å². The predicted molar refractivity (Wildman–Crippen MR) is 83.5 cm³/mol. The second-order valence-electron chi connectivity index (χ2n) is 5.52. The Morgan fingerprint density at radius 2 is 1.81 bits per heavy atom. The first-order valence-electron chi connectivity index (χ1n) is 7.02. The van der Waals surface area contributed by atoms with Crippen molar-refractivity contribution in [2.75, 3.05) is 20.6 Å². The highest BCUT2D eigenvalue weighted by molar-refractivity contribution is 7.89. The molecule has 0 radical (unpaired) electrons. The molecule has 0 saturated carbocycles. The van der Waals surface area contributed by atoms with E-state index >= 15 is 0 Å². The van der Waals surface area contributed by atoms with Crippen molar-refractivity contribution in [3.05, 3.63) is 29.8 Å². The second kappa shape index (κ2) is 7.56. The van der Waals surface area contributed by atoms with Crippen LogP contribution in [0.1, 0.15) is 25.8 Å². The number of nitrogens with zero attached hydrogens (tertiary/aromatic N) is 1. The molecule has 0 aromatic heterocycles. The van der Waals surface area contributed by atoms with Crippen LogP contribution in [-0.4, -0.2) is 39.9 Å². The average Bonchev–Trinajstić information content (AvgIpc) is 2.44. The highest BCUT2D eigenvalue weighted by atomic mass is 32.2. The lowest BCUT2D eigenvalue weighted by atomic mass is 10.1. The molecular weight excluding hydrogens is 288 g/mol. The Morgan fingerprint density at radius 3 is 2.29 bits per heavy atom. The zero-order chi connectivity index (χ0) is 16.0. The maximum atomic E-state index is 11.9. The van der Waals surface area contributed by atoms with E-state index < -0.39 is 10.0 Å². The van der Waals surface area contributed by atoms with Gasteiger partial charge in [0.05, 0.1) is 4.90 Å². The lowest BCUT2D eigenvalue weighted by Crippen LogP contribution is -2.30. The summed E-state index contributed by atoms with van der Waals surface area (Å²) in [6.45, 7) is 4.90. The largest absolute Gasteiger partial charge is 0.345 e. The number of nitrogens with one attached hydrogen (secondary N) is 1. The van der Waals surface area contributed by atoms with Crippen LogP contribution >= 0.6 is 0 Å². The van der Waals surface area contributed by atoms with Crippen molar-refractivity contribution in [1.29, 1.82) is 0 Å². The molecule has 6 heteroatoms. The SMILES string of the molecule is CNS(=O)(=O)c1ccc(CCC(=O)N(C)CC(C)C)cc1. The van der Waals surface area contributed by atoms with Gasteiger partial charge >= 0.3 is 0 Å². The number of rotatable bonds is 7. The highest BCUT2D eigenvalue weighted by Crippen LogP contribution is 2.12. The summed E-state index contributed by atoms with van der Waals surface area (Å²) in [5, 5.41) is 0. The third kappa shape index (κ3) is 5.47. The van der Waals surface area contributed by atoms with Crippen molar-refractivity contribution in [2.24, 2.45) is 5.92 Å². The van der Waals surface area contributed by atoms with Gasteiger partial charge < -0.3 is 4.90 Å². The standard InChI is InChI=1S/C15H24N2O3S/c1-12(2)11-17(4)15(18)10-7-13-5-8-14(9-6-13)21(19,20)16-3/h5-6,8-9,12,16H,7,10-11H2,1-4H3. The van der Waals surface area contributed by atoms with Crippen LogP contribution in [0.15, 0.2) is 29.2 Å². The summed E-state index contributed by atoms with van der Waals surface area (Å²) in [5.41, 5.74) is 0.955. The molecule has 0 saturated heterocycles. The lowest BCUT2D eigenvalue weighted by Gasteiger charge is -2.19. The van der Waals surface area contributed by atoms with Crippen molar-refractivity contribution in [3.8, 4) is 0 Å². The molecule has 0 atom stereocenters. The molecule has 1 N–H and O–H groups in total. The quantitative estimate of drug-likeness (QED) is 0.832. The number of sulfonamides is 1. The van der Waals surface area contributed by atoms with E-state index in [2.05, 4.69) is 18.6 Å². The first-order valence-corrected chi connectivity index (χ1v) is 8.51. The minimum Gasteiger partial charge on any atom is -0.345 e. The van der Waals surface area contributed by atoms with Gasteiger partial charge in [-0.1, -0.05) is 26.0 Å². The minimum absolute atomic E-state index is 0.107. The maximum Gasteiger partial charge on any atom is 0.240 e. The van der Waals surface area contributed by atoms with E-state index in [1.807, 2.05) is 7.05 Å². The Hall–Kier alpha value is -1.40. The third-order valence-corrected chi connectivity index (χ3v) is 4.62. The van der Waals surface area contributed by atoms with Crippen LogP contribution in [-0.2, 0) is 21.2 Å². The number of hydrogen-bond donors (Lipinski definition) is 1. The van der Waals surface area contributed by atoms with E-state index in [0.29, 0.717) is 18.8 Å². The highest BCUT2D eigenvalue weighted by Gasteiger charge is 2.12. The number of carbonyl (C=O) groups excluding carboxylic acids is 1. The average molecular weight is 312 g/mol. The molecule has 0 aliphatic heterocycles. The van der Waals surface area contributed by atoms with Gasteiger partial charge in [-0.3, -0.25) is 4.79 Å². The molecule has 0 unspecified atom stereocenters.